The summed E-state index contributed by atoms with van der Waals surface area (Å²) in [7, 11) is 0. The number of rotatable bonds is 6. The first-order valence-electron chi connectivity index (χ1n) is 8.70. The summed E-state index contributed by atoms with van der Waals surface area (Å²) in [5.74, 6) is 1.56. The molecule has 1 aromatic heterocycles. The molecular weight excluding hydrogens is 304 g/mol. The molecular formula is C19H26N2O3. The van der Waals surface area contributed by atoms with Crippen molar-refractivity contribution in [1.29, 1.82) is 0 Å². The summed E-state index contributed by atoms with van der Waals surface area (Å²) in [6, 6.07) is 8.38. The van der Waals surface area contributed by atoms with Crippen LogP contribution >= 0.6 is 0 Å². The van der Waals surface area contributed by atoms with Gasteiger partial charge in [0, 0.05) is 31.8 Å². The summed E-state index contributed by atoms with van der Waals surface area (Å²) in [6.45, 7) is 7.45. The largest absolute Gasteiger partial charge is 0.441 e. The smallest absolute Gasteiger partial charge is 0.226 e. The van der Waals surface area contributed by atoms with Crippen molar-refractivity contribution < 1.29 is 14.3 Å². The van der Waals surface area contributed by atoms with Gasteiger partial charge in [-0.3, -0.25) is 4.90 Å². The van der Waals surface area contributed by atoms with E-state index < -0.39 is 0 Å². The van der Waals surface area contributed by atoms with Crippen molar-refractivity contribution in [2.75, 3.05) is 26.3 Å². The van der Waals surface area contributed by atoms with E-state index >= 15 is 0 Å². The number of nitrogens with zero attached hydrogens (tertiary/aromatic N) is 2. The van der Waals surface area contributed by atoms with Crippen molar-refractivity contribution >= 4 is 0 Å². The van der Waals surface area contributed by atoms with Crippen molar-refractivity contribution in [2.24, 2.45) is 0 Å². The molecule has 5 heteroatoms. The summed E-state index contributed by atoms with van der Waals surface area (Å²) in [6.07, 6.45) is 1.82. The fourth-order valence-corrected chi connectivity index (χ4v) is 3.04. The van der Waals surface area contributed by atoms with Gasteiger partial charge in [-0.25, -0.2) is 4.98 Å². The molecule has 0 saturated carbocycles. The third-order valence-corrected chi connectivity index (χ3v) is 4.55. The number of aliphatic hydroxyl groups excluding tert-OH is 1. The lowest BCUT2D eigenvalue weighted by atomic mass is 10.1. The zero-order chi connectivity index (χ0) is 16.9. The van der Waals surface area contributed by atoms with Crippen LogP contribution in [0.4, 0.5) is 0 Å². The fraction of sp³-hybridized carbons (Fsp3) is 0.526. The number of hydrogen-bond acceptors (Lipinski definition) is 5. The van der Waals surface area contributed by atoms with Gasteiger partial charge < -0.3 is 14.3 Å². The zero-order valence-corrected chi connectivity index (χ0v) is 14.5. The maximum Gasteiger partial charge on any atom is 0.226 e. The summed E-state index contributed by atoms with van der Waals surface area (Å²) >= 11 is 0. The van der Waals surface area contributed by atoms with Gasteiger partial charge in [-0.05, 0) is 37.5 Å². The van der Waals surface area contributed by atoms with Crippen LogP contribution in [-0.2, 0) is 17.7 Å². The molecule has 0 amide bonds. The van der Waals surface area contributed by atoms with Crippen LogP contribution in [0, 0.1) is 6.92 Å². The maximum atomic E-state index is 9.08. The third-order valence-electron chi connectivity index (χ3n) is 4.55. The van der Waals surface area contributed by atoms with Crippen LogP contribution in [0.15, 0.2) is 28.7 Å². The van der Waals surface area contributed by atoms with E-state index in [1.165, 1.54) is 5.56 Å². The van der Waals surface area contributed by atoms with Crippen molar-refractivity contribution in [1.82, 2.24) is 9.88 Å². The van der Waals surface area contributed by atoms with Crippen LogP contribution in [0.3, 0.4) is 0 Å². The number of benzene rings is 1. The van der Waals surface area contributed by atoms with Crippen molar-refractivity contribution in [3.63, 3.8) is 0 Å². The quantitative estimate of drug-likeness (QED) is 0.882. The Morgan fingerprint density at radius 3 is 2.79 bits per heavy atom. The van der Waals surface area contributed by atoms with Gasteiger partial charge in [-0.1, -0.05) is 19.1 Å². The van der Waals surface area contributed by atoms with Gasteiger partial charge in [-0.15, -0.1) is 0 Å². The summed E-state index contributed by atoms with van der Waals surface area (Å²) in [5.41, 5.74) is 3.31. The van der Waals surface area contributed by atoms with E-state index in [9.17, 15) is 0 Å². The van der Waals surface area contributed by atoms with E-state index in [4.69, 9.17) is 19.2 Å². The number of aryl methyl sites for hydroxylation is 2. The Labute approximate surface area is 143 Å². The predicted molar refractivity (Wildman–Crippen MR) is 92.8 cm³/mol. The van der Waals surface area contributed by atoms with Gasteiger partial charge in [0.2, 0.25) is 5.89 Å². The third kappa shape index (κ3) is 4.04. The standard InChI is InChI=1S/C19H26N2O3/c1-3-15-4-6-16(7-5-15)19-20-18(14(2)24-19)13-21-9-11-23-17(12-21)8-10-22/h4-7,17,22H,3,8-13H2,1-2H3. The second-order valence-electron chi connectivity index (χ2n) is 6.31. The highest BCUT2D eigenvalue weighted by molar-refractivity contribution is 5.54. The Hall–Kier alpha value is -1.69. The second kappa shape index (κ2) is 7.92. The summed E-state index contributed by atoms with van der Waals surface area (Å²) < 4.78 is 11.5. The van der Waals surface area contributed by atoms with Crippen molar-refractivity contribution in [2.45, 2.75) is 39.3 Å². The molecule has 1 aliphatic rings. The molecule has 1 atom stereocenters. The molecule has 2 aromatic rings. The lowest BCUT2D eigenvalue weighted by molar-refractivity contribution is -0.0411. The molecule has 130 valence electrons. The molecule has 0 aliphatic carbocycles. The van der Waals surface area contributed by atoms with Crippen LogP contribution in [-0.4, -0.2) is 47.4 Å². The number of oxazole rings is 1. The molecule has 5 nitrogen and oxygen atoms in total. The van der Waals surface area contributed by atoms with E-state index in [0.717, 1.165) is 43.1 Å². The van der Waals surface area contributed by atoms with Gasteiger partial charge in [-0.2, -0.15) is 0 Å². The Morgan fingerprint density at radius 1 is 1.29 bits per heavy atom. The molecule has 24 heavy (non-hydrogen) atoms. The molecule has 3 rings (SSSR count). The van der Waals surface area contributed by atoms with Crippen LogP contribution in [0.2, 0.25) is 0 Å². The second-order valence-corrected chi connectivity index (χ2v) is 6.31. The molecule has 1 saturated heterocycles. The predicted octanol–water partition coefficient (Wildman–Crippen LogP) is 2.80. The van der Waals surface area contributed by atoms with Gasteiger partial charge in [0.1, 0.15) is 5.76 Å². The normalized spacial score (nSPS) is 18.9. The van der Waals surface area contributed by atoms with Crippen molar-refractivity contribution in [3.05, 3.63) is 41.3 Å². The highest BCUT2D eigenvalue weighted by Crippen LogP contribution is 2.23. The van der Waals surface area contributed by atoms with Crippen LogP contribution in [0.1, 0.15) is 30.4 Å². The SMILES string of the molecule is CCc1ccc(-c2nc(CN3CCOC(CCO)C3)c(C)o2)cc1. The van der Waals surface area contributed by atoms with Crippen LogP contribution in [0.5, 0.6) is 0 Å². The zero-order valence-electron chi connectivity index (χ0n) is 14.5. The van der Waals surface area contributed by atoms with Gasteiger partial charge in [0.15, 0.2) is 0 Å². The minimum absolute atomic E-state index is 0.108. The number of aromatic nitrogens is 1. The Balaban J connectivity index is 1.69. The van der Waals surface area contributed by atoms with Crippen LogP contribution in [0.25, 0.3) is 11.5 Å². The molecule has 1 N–H and O–H groups in total. The van der Waals surface area contributed by atoms with Gasteiger partial charge >= 0.3 is 0 Å². The molecule has 0 bridgehead atoms. The number of morpholine rings is 1. The fourth-order valence-electron chi connectivity index (χ4n) is 3.04. The highest BCUT2D eigenvalue weighted by Gasteiger charge is 2.22. The lowest BCUT2D eigenvalue weighted by Gasteiger charge is -2.32. The lowest BCUT2D eigenvalue weighted by Crippen LogP contribution is -2.42. The van der Waals surface area contributed by atoms with E-state index in [0.29, 0.717) is 18.9 Å². The van der Waals surface area contributed by atoms with E-state index in [1.807, 2.05) is 6.92 Å². The summed E-state index contributed by atoms with van der Waals surface area (Å²) in [4.78, 5) is 7.02. The summed E-state index contributed by atoms with van der Waals surface area (Å²) in [5, 5.41) is 9.08. The van der Waals surface area contributed by atoms with E-state index in [1.54, 1.807) is 0 Å². The van der Waals surface area contributed by atoms with Gasteiger partial charge in [0.05, 0.1) is 18.4 Å². The Morgan fingerprint density at radius 2 is 2.08 bits per heavy atom. The molecule has 0 spiro atoms. The minimum Gasteiger partial charge on any atom is -0.441 e. The molecule has 0 radical (unpaired) electrons. The number of ether oxygens (including phenoxy) is 1. The average Bonchev–Trinajstić information content (AvgIpc) is 2.96. The van der Waals surface area contributed by atoms with Gasteiger partial charge in [0.25, 0.3) is 0 Å². The average molecular weight is 330 g/mol. The topological polar surface area (TPSA) is 58.7 Å². The molecule has 1 aromatic carbocycles. The minimum atomic E-state index is 0.108. The van der Waals surface area contributed by atoms with E-state index in [-0.39, 0.29) is 12.7 Å². The number of aliphatic hydroxyl groups is 1. The van der Waals surface area contributed by atoms with Crippen LogP contribution < -0.4 is 0 Å². The first kappa shape index (κ1) is 17.1. The molecule has 1 fully saturated rings. The Bertz CT molecular complexity index is 649. The highest BCUT2D eigenvalue weighted by atomic mass is 16.5. The first-order chi connectivity index (χ1) is 11.7. The Kier molecular flexibility index (Phi) is 5.66. The first-order valence-corrected chi connectivity index (χ1v) is 8.70. The monoisotopic (exact) mass is 330 g/mol. The molecule has 1 aliphatic heterocycles. The van der Waals surface area contributed by atoms with Crippen molar-refractivity contribution in [3.8, 4) is 11.5 Å². The number of hydrogen-bond donors (Lipinski definition) is 1. The maximum absolute atomic E-state index is 9.08. The molecule has 2 heterocycles. The molecule has 1 unspecified atom stereocenters. The van der Waals surface area contributed by atoms with E-state index in [2.05, 4.69) is 36.1 Å².